The lowest BCUT2D eigenvalue weighted by atomic mass is 10.1. The van der Waals surface area contributed by atoms with Gasteiger partial charge < -0.3 is 10.2 Å². The van der Waals surface area contributed by atoms with Crippen molar-refractivity contribution in [3.8, 4) is 0 Å². The monoisotopic (exact) mass is 286 g/mol. The van der Waals surface area contributed by atoms with E-state index in [2.05, 4.69) is 5.32 Å². The second-order valence-electron chi connectivity index (χ2n) is 4.61. The average Bonchev–Trinajstić information content (AvgIpc) is 2.66. The molecule has 0 unspecified atom stereocenters. The second kappa shape index (κ2) is 8.12. The summed E-state index contributed by atoms with van der Waals surface area (Å²) in [5.41, 5.74) is 1.01. The van der Waals surface area contributed by atoms with Crippen molar-refractivity contribution in [3.05, 3.63) is 35.6 Å². The minimum Gasteiger partial charge on any atom is -0.341 e. The molecule has 0 radical (unpaired) electrons. The Morgan fingerprint density at radius 2 is 1.95 bits per heavy atom. The molecule has 0 bridgehead atoms. The third-order valence-electron chi connectivity index (χ3n) is 3.23. The highest BCUT2D eigenvalue weighted by Crippen LogP contribution is 2.07. The first-order valence-electron chi connectivity index (χ1n) is 6.48. The van der Waals surface area contributed by atoms with E-state index in [0.717, 1.165) is 38.2 Å². The van der Waals surface area contributed by atoms with Gasteiger partial charge in [-0.3, -0.25) is 4.79 Å². The summed E-state index contributed by atoms with van der Waals surface area (Å²) in [6.45, 7) is 3.50. The molecule has 1 aromatic rings. The number of rotatable bonds is 3. The molecule has 1 heterocycles. The summed E-state index contributed by atoms with van der Waals surface area (Å²) >= 11 is 0. The highest BCUT2D eigenvalue weighted by atomic mass is 35.5. The van der Waals surface area contributed by atoms with Gasteiger partial charge in [-0.25, -0.2) is 4.39 Å². The molecular formula is C14H20ClFN2O. The molecule has 0 aliphatic carbocycles. The van der Waals surface area contributed by atoms with Gasteiger partial charge in [0.05, 0.1) is 0 Å². The first-order chi connectivity index (χ1) is 8.75. The van der Waals surface area contributed by atoms with Gasteiger partial charge >= 0.3 is 0 Å². The van der Waals surface area contributed by atoms with E-state index in [4.69, 9.17) is 0 Å². The molecule has 19 heavy (non-hydrogen) atoms. The zero-order chi connectivity index (χ0) is 12.8. The van der Waals surface area contributed by atoms with E-state index in [1.54, 1.807) is 12.1 Å². The maximum atomic E-state index is 12.7. The van der Waals surface area contributed by atoms with E-state index in [1.807, 2.05) is 4.90 Å². The molecule has 1 aromatic carbocycles. The average molecular weight is 287 g/mol. The van der Waals surface area contributed by atoms with Gasteiger partial charge in [0.1, 0.15) is 5.82 Å². The molecule has 0 aromatic heterocycles. The fraction of sp³-hybridized carbons (Fsp3) is 0.500. The molecule has 1 aliphatic rings. The van der Waals surface area contributed by atoms with Crippen LogP contribution in [0.5, 0.6) is 0 Å². The van der Waals surface area contributed by atoms with E-state index < -0.39 is 0 Å². The van der Waals surface area contributed by atoms with Crippen LogP contribution in [-0.4, -0.2) is 37.0 Å². The lowest BCUT2D eigenvalue weighted by Gasteiger charge is -2.19. The normalized spacial score (nSPS) is 15.5. The van der Waals surface area contributed by atoms with Crippen LogP contribution in [0.15, 0.2) is 24.3 Å². The van der Waals surface area contributed by atoms with E-state index in [0.29, 0.717) is 12.8 Å². The van der Waals surface area contributed by atoms with Crippen LogP contribution < -0.4 is 5.32 Å². The van der Waals surface area contributed by atoms with Gasteiger partial charge in [-0.2, -0.15) is 0 Å². The summed E-state index contributed by atoms with van der Waals surface area (Å²) in [6, 6.07) is 6.37. The quantitative estimate of drug-likeness (QED) is 0.922. The van der Waals surface area contributed by atoms with Crippen LogP contribution in [0.3, 0.4) is 0 Å². The highest BCUT2D eigenvalue weighted by molar-refractivity contribution is 5.85. The Balaban J connectivity index is 0.00000180. The van der Waals surface area contributed by atoms with Gasteiger partial charge in [0, 0.05) is 26.1 Å². The maximum absolute atomic E-state index is 12.7. The number of carbonyl (C=O) groups is 1. The Morgan fingerprint density at radius 1 is 1.21 bits per heavy atom. The number of aryl methyl sites for hydroxylation is 1. The minimum atomic E-state index is -0.233. The fourth-order valence-electron chi connectivity index (χ4n) is 2.16. The van der Waals surface area contributed by atoms with Crippen LogP contribution >= 0.6 is 12.4 Å². The summed E-state index contributed by atoms with van der Waals surface area (Å²) in [6.07, 6.45) is 2.21. The largest absolute Gasteiger partial charge is 0.341 e. The van der Waals surface area contributed by atoms with Crippen LogP contribution in [0.4, 0.5) is 4.39 Å². The lowest BCUT2D eigenvalue weighted by molar-refractivity contribution is -0.130. The Morgan fingerprint density at radius 3 is 2.68 bits per heavy atom. The number of benzene rings is 1. The molecule has 1 fully saturated rings. The van der Waals surface area contributed by atoms with Gasteiger partial charge in [0.2, 0.25) is 5.91 Å². The van der Waals surface area contributed by atoms with Crippen LogP contribution in [0.2, 0.25) is 0 Å². The molecule has 1 amide bonds. The van der Waals surface area contributed by atoms with Crippen molar-refractivity contribution in [3.63, 3.8) is 0 Å². The van der Waals surface area contributed by atoms with Gasteiger partial charge in [-0.15, -0.1) is 12.4 Å². The first kappa shape index (κ1) is 15.9. The summed E-state index contributed by atoms with van der Waals surface area (Å²) in [5, 5.41) is 3.28. The topological polar surface area (TPSA) is 32.3 Å². The zero-order valence-electron chi connectivity index (χ0n) is 10.9. The molecular weight excluding hydrogens is 267 g/mol. The van der Waals surface area contributed by atoms with Gasteiger partial charge in [0.15, 0.2) is 0 Å². The summed E-state index contributed by atoms with van der Waals surface area (Å²) in [7, 11) is 0. The maximum Gasteiger partial charge on any atom is 0.222 e. The molecule has 1 aliphatic heterocycles. The molecule has 0 saturated carbocycles. The van der Waals surface area contributed by atoms with Crippen molar-refractivity contribution < 1.29 is 9.18 Å². The van der Waals surface area contributed by atoms with Crippen molar-refractivity contribution in [1.82, 2.24) is 10.2 Å². The van der Waals surface area contributed by atoms with Crippen LogP contribution in [-0.2, 0) is 11.2 Å². The van der Waals surface area contributed by atoms with Gasteiger partial charge in [-0.1, -0.05) is 12.1 Å². The number of amides is 1. The van der Waals surface area contributed by atoms with Crippen molar-refractivity contribution in [1.29, 1.82) is 0 Å². The van der Waals surface area contributed by atoms with Gasteiger partial charge in [-0.05, 0) is 37.1 Å². The Kier molecular flexibility index (Phi) is 6.81. The summed E-state index contributed by atoms with van der Waals surface area (Å²) in [5.74, 6) is -0.0355. The number of halogens is 2. The molecule has 5 heteroatoms. The number of nitrogens with zero attached hydrogens (tertiary/aromatic N) is 1. The van der Waals surface area contributed by atoms with Crippen molar-refractivity contribution in [2.24, 2.45) is 0 Å². The summed E-state index contributed by atoms with van der Waals surface area (Å²) < 4.78 is 12.7. The first-order valence-corrected chi connectivity index (χ1v) is 6.48. The fourth-order valence-corrected chi connectivity index (χ4v) is 2.16. The Bertz CT molecular complexity index is 389. The predicted molar refractivity (Wildman–Crippen MR) is 76.0 cm³/mol. The molecule has 0 spiro atoms. The number of hydrogen-bond acceptors (Lipinski definition) is 2. The number of carbonyl (C=O) groups excluding carboxylic acids is 1. The molecule has 1 saturated heterocycles. The lowest BCUT2D eigenvalue weighted by Crippen LogP contribution is -2.34. The van der Waals surface area contributed by atoms with E-state index in [9.17, 15) is 9.18 Å². The number of nitrogens with one attached hydrogen (secondary N) is 1. The second-order valence-corrected chi connectivity index (χ2v) is 4.61. The van der Waals surface area contributed by atoms with Crippen LogP contribution in [0.1, 0.15) is 18.4 Å². The SMILES string of the molecule is Cl.O=C(CCc1ccc(F)cc1)N1CCCNCC1. The molecule has 106 valence electrons. The summed E-state index contributed by atoms with van der Waals surface area (Å²) in [4.78, 5) is 13.9. The predicted octanol–water partition coefficient (Wildman–Crippen LogP) is 2.00. The molecule has 3 nitrogen and oxygen atoms in total. The molecule has 1 N–H and O–H groups in total. The van der Waals surface area contributed by atoms with Crippen molar-refractivity contribution >= 4 is 18.3 Å². The smallest absolute Gasteiger partial charge is 0.222 e. The third kappa shape index (κ3) is 5.17. The Labute approximate surface area is 119 Å². The molecule has 2 rings (SSSR count). The van der Waals surface area contributed by atoms with E-state index in [1.165, 1.54) is 12.1 Å². The Hall–Kier alpha value is -1.13. The molecule has 0 atom stereocenters. The van der Waals surface area contributed by atoms with Crippen LogP contribution in [0, 0.1) is 5.82 Å². The minimum absolute atomic E-state index is 0. The van der Waals surface area contributed by atoms with Crippen LogP contribution in [0.25, 0.3) is 0 Å². The standard InChI is InChI=1S/C14H19FN2O.ClH/c15-13-5-2-12(3-6-13)4-7-14(18)17-10-1-8-16-9-11-17;/h2-3,5-6,16H,1,4,7-11H2;1H. The van der Waals surface area contributed by atoms with E-state index in [-0.39, 0.29) is 24.1 Å². The van der Waals surface area contributed by atoms with Gasteiger partial charge in [0.25, 0.3) is 0 Å². The third-order valence-corrected chi connectivity index (χ3v) is 3.23. The number of hydrogen-bond donors (Lipinski definition) is 1. The highest BCUT2D eigenvalue weighted by Gasteiger charge is 2.14. The zero-order valence-corrected chi connectivity index (χ0v) is 11.7. The van der Waals surface area contributed by atoms with Crippen molar-refractivity contribution in [2.75, 3.05) is 26.2 Å². The van der Waals surface area contributed by atoms with E-state index >= 15 is 0 Å². The van der Waals surface area contributed by atoms with Crippen molar-refractivity contribution in [2.45, 2.75) is 19.3 Å².